The number of likely N-dealkylation sites (N-methyl/N-ethyl adjacent to an activating group) is 1. The Labute approximate surface area is 227 Å². The minimum absolute atomic E-state index is 0.356. The quantitative estimate of drug-likeness (QED) is 0.483. The third kappa shape index (κ3) is 5.15. The first-order valence-corrected chi connectivity index (χ1v) is 13.8. The summed E-state index contributed by atoms with van der Waals surface area (Å²) in [7, 11) is 2.13. The van der Waals surface area contributed by atoms with E-state index in [1.165, 1.54) is 11.3 Å². The molecule has 206 valence electrons. The molecule has 0 radical (unpaired) electrons. The van der Waals surface area contributed by atoms with Gasteiger partial charge in [-0.15, -0.1) is 0 Å². The third-order valence-electron chi connectivity index (χ3n) is 8.22. The standard InChI is InChI=1S/C28H35FN8O2/c1-19(29)27(38)36-14-12-35(13-15-36)26-21-7-5-11-37(25-9-3-8-23-22(25)16-30-33-23)17-24(21)31-28(32-26)39-18-20-6-4-10-34(20)2/h3,8-9,16,20H,1,4-7,10-15,17-18H2,2H3,(H,30,33)/t20-/m0/s1. The normalized spacial score (nSPS) is 20.3. The summed E-state index contributed by atoms with van der Waals surface area (Å²) >= 11 is 0. The van der Waals surface area contributed by atoms with Crippen LogP contribution in [-0.4, -0.2) is 94.8 Å². The Morgan fingerprint density at radius 1 is 1.13 bits per heavy atom. The maximum atomic E-state index is 13.5. The maximum Gasteiger partial charge on any atom is 0.318 e. The summed E-state index contributed by atoms with van der Waals surface area (Å²) in [6, 6.07) is 6.96. The average Bonchev–Trinajstić information content (AvgIpc) is 3.54. The number of benzene rings is 1. The molecule has 6 rings (SSSR count). The predicted molar refractivity (Wildman–Crippen MR) is 148 cm³/mol. The zero-order valence-corrected chi connectivity index (χ0v) is 22.4. The summed E-state index contributed by atoms with van der Waals surface area (Å²) in [4.78, 5) is 30.4. The van der Waals surface area contributed by atoms with Gasteiger partial charge in [-0.05, 0) is 51.4 Å². The highest BCUT2D eigenvalue weighted by Crippen LogP contribution is 2.33. The Hall–Kier alpha value is -3.73. The molecule has 0 unspecified atom stereocenters. The summed E-state index contributed by atoms with van der Waals surface area (Å²) in [5.74, 6) is -0.686. The zero-order valence-electron chi connectivity index (χ0n) is 22.4. The van der Waals surface area contributed by atoms with Crippen LogP contribution < -0.4 is 14.5 Å². The zero-order chi connectivity index (χ0) is 26.9. The van der Waals surface area contributed by atoms with Gasteiger partial charge in [0.15, 0.2) is 5.83 Å². The van der Waals surface area contributed by atoms with Crippen molar-refractivity contribution < 1.29 is 13.9 Å². The molecule has 0 aliphatic carbocycles. The van der Waals surface area contributed by atoms with Gasteiger partial charge in [0, 0.05) is 55.4 Å². The predicted octanol–water partition coefficient (Wildman–Crippen LogP) is 2.91. The molecular weight excluding hydrogens is 499 g/mol. The second-order valence-electron chi connectivity index (χ2n) is 10.7. The summed E-state index contributed by atoms with van der Waals surface area (Å²) in [5, 5.41) is 8.41. The van der Waals surface area contributed by atoms with E-state index >= 15 is 0 Å². The van der Waals surface area contributed by atoms with E-state index in [1.807, 2.05) is 18.3 Å². The van der Waals surface area contributed by atoms with E-state index in [-0.39, 0.29) is 0 Å². The van der Waals surface area contributed by atoms with Crippen molar-refractivity contribution in [3.8, 4) is 6.01 Å². The van der Waals surface area contributed by atoms with Gasteiger partial charge in [0.2, 0.25) is 0 Å². The number of ether oxygens (including phenoxy) is 1. The first-order chi connectivity index (χ1) is 19.0. The number of carbonyl (C=O) groups excluding carboxylic acids is 1. The molecule has 3 aliphatic heterocycles. The van der Waals surface area contributed by atoms with Crippen molar-refractivity contribution in [3.63, 3.8) is 0 Å². The van der Waals surface area contributed by atoms with Crippen molar-refractivity contribution in [2.24, 2.45) is 0 Å². The number of aromatic nitrogens is 4. The molecule has 2 fully saturated rings. The van der Waals surface area contributed by atoms with E-state index in [0.29, 0.717) is 51.4 Å². The smallest absolute Gasteiger partial charge is 0.318 e. The highest BCUT2D eigenvalue weighted by atomic mass is 19.1. The molecule has 1 amide bonds. The van der Waals surface area contributed by atoms with Gasteiger partial charge in [0.05, 0.1) is 24.0 Å². The summed E-state index contributed by atoms with van der Waals surface area (Å²) in [5.41, 5.74) is 4.22. The largest absolute Gasteiger partial charge is 0.462 e. The van der Waals surface area contributed by atoms with Crippen LogP contribution >= 0.6 is 0 Å². The number of amides is 1. The minimum Gasteiger partial charge on any atom is -0.462 e. The number of fused-ring (bicyclic) bond motifs is 2. The van der Waals surface area contributed by atoms with Crippen LogP contribution in [-0.2, 0) is 17.8 Å². The number of nitrogens with one attached hydrogen (secondary N) is 1. The number of rotatable bonds is 6. The van der Waals surface area contributed by atoms with E-state index in [1.54, 1.807) is 0 Å². The summed E-state index contributed by atoms with van der Waals surface area (Å²) in [6.07, 6.45) is 5.94. The van der Waals surface area contributed by atoms with E-state index in [4.69, 9.17) is 14.7 Å². The Morgan fingerprint density at radius 2 is 1.97 bits per heavy atom. The Kier molecular flexibility index (Phi) is 7.07. The van der Waals surface area contributed by atoms with Gasteiger partial charge in [-0.1, -0.05) is 12.6 Å². The fourth-order valence-corrected chi connectivity index (χ4v) is 6.00. The third-order valence-corrected chi connectivity index (χ3v) is 8.22. The number of carbonyl (C=O) groups is 1. The van der Waals surface area contributed by atoms with E-state index in [2.05, 4.69) is 44.6 Å². The summed E-state index contributed by atoms with van der Waals surface area (Å²) < 4.78 is 19.7. The monoisotopic (exact) mass is 534 g/mol. The van der Waals surface area contributed by atoms with Gasteiger partial charge in [-0.3, -0.25) is 9.89 Å². The molecule has 2 saturated heterocycles. The van der Waals surface area contributed by atoms with Crippen LogP contribution in [0.1, 0.15) is 30.5 Å². The number of anilines is 2. The van der Waals surface area contributed by atoms with Crippen LogP contribution in [0.25, 0.3) is 10.9 Å². The second-order valence-corrected chi connectivity index (χ2v) is 10.7. The molecule has 0 spiro atoms. The highest BCUT2D eigenvalue weighted by molar-refractivity contribution is 5.91. The number of likely N-dealkylation sites (tertiary alicyclic amines) is 1. The molecule has 1 N–H and O–H groups in total. The number of nitrogens with zero attached hydrogens (tertiary/aromatic N) is 7. The van der Waals surface area contributed by atoms with Crippen LogP contribution in [0.5, 0.6) is 6.01 Å². The van der Waals surface area contributed by atoms with Crippen molar-refractivity contribution in [1.82, 2.24) is 30.0 Å². The number of H-pyrrole nitrogens is 1. The van der Waals surface area contributed by atoms with Crippen molar-refractivity contribution in [2.75, 3.05) is 62.7 Å². The topological polar surface area (TPSA) is 93.7 Å². The van der Waals surface area contributed by atoms with Crippen LogP contribution in [0.4, 0.5) is 15.9 Å². The average molecular weight is 535 g/mol. The van der Waals surface area contributed by atoms with Crippen molar-refractivity contribution >= 4 is 28.3 Å². The Balaban J connectivity index is 1.30. The molecule has 0 saturated carbocycles. The number of hydrogen-bond acceptors (Lipinski definition) is 8. The van der Waals surface area contributed by atoms with E-state index < -0.39 is 11.7 Å². The molecule has 1 atom stereocenters. The van der Waals surface area contributed by atoms with Crippen molar-refractivity contribution in [1.29, 1.82) is 0 Å². The van der Waals surface area contributed by atoms with Gasteiger partial charge in [0.25, 0.3) is 5.91 Å². The maximum absolute atomic E-state index is 13.5. The van der Waals surface area contributed by atoms with Crippen molar-refractivity contribution in [2.45, 2.75) is 38.3 Å². The Morgan fingerprint density at radius 3 is 2.74 bits per heavy atom. The summed E-state index contributed by atoms with van der Waals surface area (Å²) in [6.45, 7) is 8.26. The first kappa shape index (κ1) is 25.5. The molecule has 3 aromatic rings. The first-order valence-electron chi connectivity index (χ1n) is 13.8. The number of halogens is 1. The number of aromatic amines is 1. The van der Waals surface area contributed by atoms with Crippen LogP contribution in [0.15, 0.2) is 36.8 Å². The number of piperazine rings is 1. The molecule has 11 heteroatoms. The van der Waals surface area contributed by atoms with Crippen molar-refractivity contribution in [3.05, 3.63) is 48.1 Å². The Bertz CT molecular complexity index is 1370. The van der Waals surface area contributed by atoms with Gasteiger partial charge in [0.1, 0.15) is 12.4 Å². The van der Waals surface area contributed by atoms with Crippen LogP contribution in [0.2, 0.25) is 0 Å². The fourth-order valence-electron chi connectivity index (χ4n) is 6.00. The lowest BCUT2D eigenvalue weighted by Gasteiger charge is -2.36. The minimum atomic E-state index is -0.917. The SMILES string of the molecule is C=C(F)C(=O)N1CCN(c2nc(OC[C@@H]3CCCN3C)nc3c2CCCN(c2cccc4[nH]ncc24)C3)CC1. The molecule has 10 nitrogen and oxygen atoms in total. The molecule has 1 aromatic carbocycles. The lowest BCUT2D eigenvalue weighted by molar-refractivity contribution is -0.128. The fraction of sp³-hybridized carbons (Fsp3) is 0.500. The molecular formula is C28H35FN8O2. The van der Waals surface area contributed by atoms with Crippen LogP contribution in [0, 0.1) is 0 Å². The van der Waals surface area contributed by atoms with Gasteiger partial charge >= 0.3 is 6.01 Å². The van der Waals surface area contributed by atoms with E-state index in [9.17, 15) is 9.18 Å². The molecule has 39 heavy (non-hydrogen) atoms. The van der Waals surface area contributed by atoms with Gasteiger partial charge < -0.3 is 24.3 Å². The molecule has 3 aliphatic rings. The highest BCUT2D eigenvalue weighted by Gasteiger charge is 2.29. The molecule has 5 heterocycles. The van der Waals surface area contributed by atoms with Gasteiger partial charge in [-0.25, -0.2) is 4.39 Å². The van der Waals surface area contributed by atoms with E-state index in [0.717, 1.165) is 66.0 Å². The molecule has 2 aromatic heterocycles. The van der Waals surface area contributed by atoms with Gasteiger partial charge in [-0.2, -0.15) is 15.1 Å². The lowest BCUT2D eigenvalue weighted by atomic mass is 10.1. The second kappa shape index (κ2) is 10.8. The lowest BCUT2D eigenvalue weighted by Crippen LogP contribution is -2.49. The van der Waals surface area contributed by atoms with Crippen LogP contribution in [0.3, 0.4) is 0 Å². The number of hydrogen-bond donors (Lipinski definition) is 1. The molecule has 0 bridgehead atoms.